The summed E-state index contributed by atoms with van der Waals surface area (Å²) in [7, 11) is 0. The fraction of sp³-hybridized carbons (Fsp3) is 0.389. The van der Waals surface area contributed by atoms with Gasteiger partial charge in [-0.25, -0.2) is 9.97 Å². The first kappa shape index (κ1) is 17.5. The molecule has 0 aliphatic carbocycles. The number of nitrogens with one attached hydrogen (secondary N) is 1. The van der Waals surface area contributed by atoms with E-state index in [0.717, 1.165) is 29.8 Å². The highest BCUT2D eigenvalue weighted by Crippen LogP contribution is 2.21. The average Bonchev–Trinajstić information content (AvgIpc) is 2.58. The molecule has 0 spiro atoms. The van der Waals surface area contributed by atoms with Crippen LogP contribution in [0.25, 0.3) is 11.3 Å². The molecule has 0 aliphatic heterocycles. The Kier molecular flexibility index (Phi) is 6.59. The maximum atomic E-state index is 12.0. The molecule has 122 valence electrons. The van der Waals surface area contributed by atoms with Gasteiger partial charge in [0, 0.05) is 17.3 Å². The Morgan fingerprint density at radius 2 is 1.87 bits per heavy atom. The number of carbonyl (C=O) groups excluding carboxylic acids is 1. The fourth-order valence-electron chi connectivity index (χ4n) is 2.25. The molecule has 0 bridgehead atoms. The van der Waals surface area contributed by atoms with Crippen molar-refractivity contribution in [1.82, 2.24) is 15.3 Å². The third-order valence-corrected chi connectivity index (χ3v) is 4.43. The minimum atomic E-state index is 0.0371. The largest absolute Gasteiger partial charge is 0.353 e. The normalized spacial score (nSPS) is 10.8. The van der Waals surface area contributed by atoms with Crippen molar-refractivity contribution in [3.8, 4) is 11.3 Å². The van der Waals surface area contributed by atoms with E-state index in [-0.39, 0.29) is 11.9 Å². The highest BCUT2D eigenvalue weighted by molar-refractivity contribution is 7.99. The Balaban J connectivity index is 2.03. The summed E-state index contributed by atoms with van der Waals surface area (Å²) in [6.45, 7) is 6.11. The molecule has 0 unspecified atom stereocenters. The van der Waals surface area contributed by atoms with E-state index in [4.69, 9.17) is 0 Å². The molecule has 2 rings (SSSR count). The Labute approximate surface area is 142 Å². The van der Waals surface area contributed by atoms with Crippen LogP contribution in [0, 0.1) is 6.92 Å². The number of aromatic nitrogens is 2. The zero-order valence-electron chi connectivity index (χ0n) is 13.9. The Morgan fingerprint density at radius 1 is 1.17 bits per heavy atom. The summed E-state index contributed by atoms with van der Waals surface area (Å²) in [5, 5.41) is 3.67. The summed E-state index contributed by atoms with van der Waals surface area (Å²) in [6.07, 6.45) is 1.90. The number of rotatable bonds is 7. The minimum Gasteiger partial charge on any atom is -0.353 e. The van der Waals surface area contributed by atoms with Gasteiger partial charge in [0.1, 0.15) is 0 Å². The van der Waals surface area contributed by atoms with Crippen molar-refractivity contribution in [2.24, 2.45) is 0 Å². The van der Waals surface area contributed by atoms with Crippen LogP contribution in [-0.4, -0.2) is 27.7 Å². The van der Waals surface area contributed by atoms with E-state index in [1.807, 2.05) is 43.3 Å². The molecule has 1 aromatic heterocycles. The Hall–Kier alpha value is -1.88. The first-order valence-electron chi connectivity index (χ1n) is 7.95. The minimum absolute atomic E-state index is 0.0371. The summed E-state index contributed by atoms with van der Waals surface area (Å²) < 4.78 is 0. The Bertz CT molecular complexity index is 642. The first-order chi connectivity index (χ1) is 11.1. The van der Waals surface area contributed by atoms with Crippen molar-refractivity contribution in [3.63, 3.8) is 0 Å². The average molecular weight is 329 g/mol. The van der Waals surface area contributed by atoms with Crippen LogP contribution >= 0.6 is 11.8 Å². The summed E-state index contributed by atoms with van der Waals surface area (Å²) in [4.78, 5) is 21.0. The van der Waals surface area contributed by atoms with Crippen LogP contribution in [-0.2, 0) is 4.79 Å². The van der Waals surface area contributed by atoms with Crippen LogP contribution in [0.4, 0.5) is 0 Å². The van der Waals surface area contributed by atoms with Crippen molar-refractivity contribution < 1.29 is 4.79 Å². The fourth-order valence-corrected chi connectivity index (χ4v) is 2.97. The lowest BCUT2D eigenvalue weighted by Gasteiger charge is -2.14. The van der Waals surface area contributed by atoms with Gasteiger partial charge in [0.2, 0.25) is 5.91 Å². The number of thioether (sulfide) groups is 1. The van der Waals surface area contributed by atoms with E-state index in [9.17, 15) is 4.79 Å². The number of amides is 1. The number of carbonyl (C=O) groups is 1. The molecule has 0 aliphatic rings. The van der Waals surface area contributed by atoms with Crippen molar-refractivity contribution in [2.75, 3.05) is 5.75 Å². The van der Waals surface area contributed by atoms with Crippen LogP contribution in [0.1, 0.15) is 32.4 Å². The van der Waals surface area contributed by atoms with Gasteiger partial charge in [-0.2, -0.15) is 0 Å². The smallest absolute Gasteiger partial charge is 0.230 e. The molecular formula is C18H23N3OS. The summed E-state index contributed by atoms with van der Waals surface area (Å²) in [5.41, 5.74) is 2.85. The zero-order chi connectivity index (χ0) is 16.7. The van der Waals surface area contributed by atoms with Gasteiger partial charge in [-0.1, -0.05) is 55.9 Å². The predicted octanol–water partition coefficient (Wildman–Crippen LogP) is 3.85. The molecule has 0 radical (unpaired) electrons. The van der Waals surface area contributed by atoms with E-state index in [2.05, 4.69) is 29.1 Å². The van der Waals surface area contributed by atoms with Gasteiger partial charge < -0.3 is 5.32 Å². The number of aryl methyl sites for hydroxylation is 1. The highest BCUT2D eigenvalue weighted by Gasteiger charge is 2.11. The molecule has 23 heavy (non-hydrogen) atoms. The SMILES string of the molecule is CCC(CC)NC(=O)CSc1nc(C)cc(-c2ccccc2)n1. The van der Waals surface area contributed by atoms with E-state index in [1.165, 1.54) is 11.8 Å². The highest BCUT2D eigenvalue weighted by atomic mass is 32.2. The van der Waals surface area contributed by atoms with Crippen molar-refractivity contribution in [1.29, 1.82) is 0 Å². The molecule has 2 aromatic rings. The van der Waals surface area contributed by atoms with Gasteiger partial charge in [-0.3, -0.25) is 4.79 Å². The summed E-state index contributed by atoms with van der Waals surface area (Å²) in [6, 6.07) is 12.2. The van der Waals surface area contributed by atoms with E-state index < -0.39 is 0 Å². The van der Waals surface area contributed by atoms with E-state index in [0.29, 0.717) is 10.9 Å². The van der Waals surface area contributed by atoms with Gasteiger partial charge in [-0.05, 0) is 25.8 Å². The standard InChI is InChI=1S/C18H23N3OS/c1-4-15(5-2)20-17(22)12-23-18-19-13(3)11-16(21-18)14-9-7-6-8-10-14/h6-11,15H,4-5,12H2,1-3H3,(H,20,22). The zero-order valence-corrected chi connectivity index (χ0v) is 14.7. The molecule has 1 aromatic carbocycles. The van der Waals surface area contributed by atoms with E-state index >= 15 is 0 Å². The number of nitrogens with zero attached hydrogens (tertiary/aromatic N) is 2. The first-order valence-corrected chi connectivity index (χ1v) is 8.94. The molecule has 1 N–H and O–H groups in total. The second-order valence-corrected chi connectivity index (χ2v) is 6.36. The van der Waals surface area contributed by atoms with Gasteiger partial charge in [-0.15, -0.1) is 0 Å². The lowest BCUT2D eigenvalue weighted by Crippen LogP contribution is -2.35. The number of hydrogen-bond acceptors (Lipinski definition) is 4. The van der Waals surface area contributed by atoms with Crippen LogP contribution < -0.4 is 5.32 Å². The second-order valence-electron chi connectivity index (χ2n) is 5.41. The van der Waals surface area contributed by atoms with Crippen molar-refractivity contribution >= 4 is 17.7 Å². The summed E-state index contributed by atoms with van der Waals surface area (Å²) >= 11 is 1.38. The molecule has 0 atom stereocenters. The monoisotopic (exact) mass is 329 g/mol. The number of hydrogen-bond donors (Lipinski definition) is 1. The molecule has 1 amide bonds. The third-order valence-electron chi connectivity index (χ3n) is 3.59. The van der Waals surface area contributed by atoms with Crippen LogP contribution in [0.5, 0.6) is 0 Å². The Morgan fingerprint density at radius 3 is 2.52 bits per heavy atom. The topological polar surface area (TPSA) is 54.9 Å². The van der Waals surface area contributed by atoms with Crippen LogP contribution in [0.2, 0.25) is 0 Å². The van der Waals surface area contributed by atoms with Crippen molar-refractivity contribution in [3.05, 3.63) is 42.1 Å². The van der Waals surface area contributed by atoms with E-state index in [1.54, 1.807) is 0 Å². The summed E-state index contributed by atoms with van der Waals surface area (Å²) in [5.74, 6) is 0.379. The van der Waals surface area contributed by atoms with Crippen LogP contribution in [0.15, 0.2) is 41.6 Å². The lowest BCUT2D eigenvalue weighted by molar-refractivity contribution is -0.119. The molecule has 0 saturated carbocycles. The van der Waals surface area contributed by atoms with Gasteiger partial charge in [0.05, 0.1) is 11.4 Å². The predicted molar refractivity (Wildman–Crippen MR) is 95.4 cm³/mol. The molecule has 0 saturated heterocycles. The number of benzene rings is 1. The van der Waals surface area contributed by atoms with Gasteiger partial charge in [0.15, 0.2) is 5.16 Å². The van der Waals surface area contributed by atoms with Crippen LogP contribution in [0.3, 0.4) is 0 Å². The van der Waals surface area contributed by atoms with Crippen molar-refractivity contribution in [2.45, 2.75) is 44.8 Å². The molecule has 1 heterocycles. The second kappa shape index (κ2) is 8.67. The molecule has 4 nitrogen and oxygen atoms in total. The lowest BCUT2D eigenvalue weighted by atomic mass is 10.1. The molecular weight excluding hydrogens is 306 g/mol. The third kappa shape index (κ3) is 5.36. The molecule has 5 heteroatoms. The maximum Gasteiger partial charge on any atom is 0.230 e. The maximum absolute atomic E-state index is 12.0. The molecule has 0 fully saturated rings. The van der Waals surface area contributed by atoms with Gasteiger partial charge >= 0.3 is 0 Å². The quantitative estimate of drug-likeness (QED) is 0.619. The van der Waals surface area contributed by atoms with Gasteiger partial charge in [0.25, 0.3) is 0 Å².